The van der Waals surface area contributed by atoms with E-state index >= 15 is 0 Å². The minimum atomic E-state index is -0.560. The molecule has 0 atom stereocenters. The number of halogens is 1. The van der Waals surface area contributed by atoms with E-state index in [1.807, 2.05) is 6.07 Å². The van der Waals surface area contributed by atoms with E-state index in [1.54, 1.807) is 36.5 Å². The maximum atomic E-state index is 13.0. The summed E-state index contributed by atoms with van der Waals surface area (Å²) < 4.78 is 23.4. The number of nitrogens with zero attached hydrogens (tertiary/aromatic N) is 2. The molecule has 0 saturated carbocycles. The predicted molar refractivity (Wildman–Crippen MR) is 113 cm³/mol. The summed E-state index contributed by atoms with van der Waals surface area (Å²) in [5, 5.41) is 12.4. The number of hydrogen-bond acceptors (Lipinski definition) is 6. The number of methoxy groups -OCH3 is 2. The maximum Gasteiger partial charge on any atom is 0.268 e. The Morgan fingerprint density at radius 3 is 2.60 bits per heavy atom. The second-order valence-corrected chi connectivity index (χ2v) is 7.29. The van der Waals surface area contributed by atoms with Crippen LogP contribution in [0.3, 0.4) is 0 Å². The Morgan fingerprint density at radius 2 is 1.93 bits per heavy atom. The standard InChI is InChI=1S/C22H18FN3O3S/c1-28-19-8-5-15(11-20(19)29-2)9-16(12-24)21(27)26-22-25-13-18(30-22)10-14-3-6-17(23)7-4-14/h3-9,11,13H,10H2,1-2H3,(H,25,26,27)/b16-9-. The van der Waals surface area contributed by atoms with Crippen molar-refractivity contribution in [1.29, 1.82) is 5.26 Å². The number of rotatable bonds is 7. The van der Waals surface area contributed by atoms with Crippen LogP contribution in [-0.4, -0.2) is 25.1 Å². The lowest BCUT2D eigenvalue weighted by atomic mass is 10.1. The van der Waals surface area contributed by atoms with Crippen LogP contribution in [0.1, 0.15) is 16.0 Å². The highest BCUT2D eigenvalue weighted by Crippen LogP contribution is 2.28. The smallest absolute Gasteiger partial charge is 0.268 e. The van der Waals surface area contributed by atoms with Crippen molar-refractivity contribution in [3.8, 4) is 17.6 Å². The number of thiazole rings is 1. The average molecular weight is 423 g/mol. The van der Waals surface area contributed by atoms with Crippen LogP contribution >= 0.6 is 11.3 Å². The van der Waals surface area contributed by atoms with Crippen molar-refractivity contribution in [1.82, 2.24) is 4.98 Å². The summed E-state index contributed by atoms with van der Waals surface area (Å²) in [7, 11) is 3.04. The lowest BCUT2D eigenvalue weighted by Crippen LogP contribution is -2.13. The molecule has 0 fully saturated rings. The summed E-state index contributed by atoms with van der Waals surface area (Å²) in [6, 6.07) is 13.2. The number of nitrogens with one attached hydrogen (secondary N) is 1. The van der Waals surface area contributed by atoms with Crippen molar-refractivity contribution in [3.05, 3.63) is 76.1 Å². The van der Waals surface area contributed by atoms with E-state index in [2.05, 4.69) is 10.3 Å². The fourth-order valence-corrected chi connectivity index (χ4v) is 3.51. The summed E-state index contributed by atoms with van der Waals surface area (Å²) in [6.45, 7) is 0. The summed E-state index contributed by atoms with van der Waals surface area (Å²) in [6.07, 6.45) is 3.68. The Hall–Kier alpha value is -3.70. The van der Waals surface area contributed by atoms with Gasteiger partial charge in [-0.25, -0.2) is 9.37 Å². The summed E-state index contributed by atoms with van der Waals surface area (Å²) in [5.41, 5.74) is 1.48. The molecule has 0 aliphatic rings. The van der Waals surface area contributed by atoms with Crippen molar-refractivity contribution in [3.63, 3.8) is 0 Å². The SMILES string of the molecule is COc1ccc(/C=C(/C#N)C(=O)Nc2ncc(Cc3ccc(F)cc3)s2)cc1OC. The van der Waals surface area contributed by atoms with E-state index < -0.39 is 5.91 Å². The first-order chi connectivity index (χ1) is 14.5. The second-order valence-electron chi connectivity index (χ2n) is 6.17. The number of nitriles is 1. The molecule has 0 aliphatic heterocycles. The van der Waals surface area contributed by atoms with E-state index in [0.29, 0.717) is 28.6 Å². The third kappa shape index (κ3) is 5.21. The molecule has 0 aliphatic carbocycles. The number of ether oxygens (including phenoxy) is 2. The van der Waals surface area contributed by atoms with Crippen molar-refractivity contribution in [2.45, 2.75) is 6.42 Å². The quantitative estimate of drug-likeness (QED) is 0.449. The van der Waals surface area contributed by atoms with Gasteiger partial charge in [0, 0.05) is 17.5 Å². The predicted octanol–water partition coefficient (Wildman–Crippen LogP) is 4.44. The van der Waals surface area contributed by atoms with E-state index in [1.165, 1.54) is 43.8 Å². The van der Waals surface area contributed by atoms with Gasteiger partial charge in [-0.2, -0.15) is 5.26 Å². The molecule has 0 saturated heterocycles. The number of benzene rings is 2. The fraction of sp³-hybridized carbons (Fsp3) is 0.136. The molecule has 0 unspecified atom stereocenters. The Bertz CT molecular complexity index is 1120. The lowest BCUT2D eigenvalue weighted by Gasteiger charge is -2.08. The number of carbonyl (C=O) groups excluding carboxylic acids is 1. The monoisotopic (exact) mass is 423 g/mol. The molecule has 1 heterocycles. The van der Waals surface area contributed by atoms with Crippen LogP contribution in [0.25, 0.3) is 6.08 Å². The Labute approximate surface area is 177 Å². The molecule has 3 rings (SSSR count). The molecule has 30 heavy (non-hydrogen) atoms. The lowest BCUT2D eigenvalue weighted by molar-refractivity contribution is -0.112. The zero-order chi connectivity index (χ0) is 21.5. The molecule has 0 spiro atoms. The molecule has 1 amide bonds. The van der Waals surface area contributed by atoms with E-state index in [0.717, 1.165) is 10.4 Å². The minimum absolute atomic E-state index is 0.0718. The number of anilines is 1. The van der Waals surface area contributed by atoms with Crippen LogP contribution in [0, 0.1) is 17.1 Å². The minimum Gasteiger partial charge on any atom is -0.493 e. The molecule has 1 N–H and O–H groups in total. The highest BCUT2D eigenvalue weighted by molar-refractivity contribution is 7.15. The van der Waals surface area contributed by atoms with Gasteiger partial charge in [0.1, 0.15) is 17.5 Å². The van der Waals surface area contributed by atoms with Gasteiger partial charge in [0.05, 0.1) is 14.2 Å². The molecule has 1 aromatic heterocycles. The number of amides is 1. The average Bonchev–Trinajstić information content (AvgIpc) is 3.19. The van der Waals surface area contributed by atoms with Crippen molar-refractivity contribution >= 4 is 28.5 Å². The van der Waals surface area contributed by atoms with Crippen LogP contribution in [0.15, 0.2) is 54.2 Å². The van der Waals surface area contributed by atoms with Crippen molar-refractivity contribution in [2.75, 3.05) is 19.5 Å². The normalized spacial score (nSPS) is 10.9. The van der Waals surface area contributed by atoms with Gasteiger partial charge in [-0.15, -0.1) is 11.3 Å². The number of carbonyl (C=O) groups is 1. The molecular formula is C22H18FN3O3S. The highest BCUT2D eigenvalue weighted by atomic mass is 32.1. The van der Waals surface area contributed by atoms with Gasteiger partial charge < -0.3 is 9.47 Å². The molecule has 152 valence electrons. The molecule has 0 bridgehead atoms. The molecule has 2 aromatic carbocycles. The van der Waals surface area contributed by atoms with E-state index in [4.69, 9.17) is 9.47 Å². The van der Waals surface area contributed by atoms with Crippen LogP contribution in [-0.2, 0) is 11.2 Å². The van der Waals surface area contributed by atoms with Crippen LogP contribution < -0.4 is 14.8 Å². The third-order valence-corrected chi connectivity index (χ3v) is 5.06. The zero-order valence-electron chi connectivity index (χ0n) is 16.3. The molecular weight excluding hydrogens is 405 g/mol. The Balaban J connectivity index is 1.71. The van der Waals surface area contributed by atoms with E-state index in [-0.39, 0.29) is 11.4 Å². The fourth-order valence-electron chi connectivity index (χ4n) is 2.67. The molecule has 0 radical (unpaired) electrons. The number of hydrogen-bond donors (Lipinski definition) is 1. The Kier molecular flexibility index (Phi) is 6.78. The van der Waals surface area contributed by atoms with Gasteiger partial charge in [0.2, 0.25) is 0 Å². The topological polar surface area (TPSA) is 84.2 Å². The van der Waals surface area contributed by atoms with Crippen molar-refractivity contribution < 1.29 is 18.7 Å². The summed E-state index contributed by atoms with van der Waals surface area (Å²) in [4.78, 5) is 17.6. The van der Waals surface area contributed by atoms with Crippen LogP contribution in [0.2, 0.25) is 0 Å². The summed E-state index contributed by atoms with van der Waals surface area (Å²) in [5.74, 6) is 0.194. The molecule has 3 aromatic rings. The first-order valence-corrected chi connectivity index (χ1v) is 9.68. The van der Waals surface area contributed by atoms with Gasteiger partial charge in [0.25, 0.3) is 5.91 Å². The molecule has 6 nitrogen and oxygen atoms in total. The van der Waals surface area contributed by atoms with Crippen LogP contribution in [0.4, 0.5) is 9.52 Å². The third-order valence-electron chi connectivity index (χ3n) is 4.15. The number of aromatic nitrogens is 1. The summed E-state index contributed by atoms with van der Waals surface area (Å²) >= 11 is 1.30. The zero-order valence-corrected chi connectivity index (χ0v) is 17.1. The maximum absolute atomic E-state index is 13.0. The largest absolute Gasteiger partial charge is 0.493 e. The van der Waals surface area contributed by atoms with Crippen LogP contribution in [0.5, 0.6) is 11.5 Å². The van der Waals surface area contributed by atoms with E-state index in [9.17, 15) is 14.4 Å². The highest BCUT2D eigenvalue weighted by Gasteiger charge is 2.13. The van der Waals surface area contributed by atoms with Gasteiger partial charge in [-0.3, -0.25) is 10.1 Å². The first-order valence-electron chi connectivity index (χ1n) is 8.86. The first kappa shape index (κ1) is 21.0. The second kappa shape index (κ2) is 9.67. The molecule has 8 heteroatoms. The van der Waals surface area contributed by atoms with Gasteiger partial charge in [-0.05, 0) is 41.5 Å². The van der Waals surface area contributed by atoms with Gasteiger partial charge in [0.15, 0.2) is 16.6 Å². The van der Waals surface area contributed by atoms with Crippen molar-refractivity contribution in [2.24, 2.45) is 0 Å². The Morgan fingerprint density at radius 1 is 1.20 bits per heavy atom. The van der Waals surface area contributed by atoms with Gasteiger partial charge >= 0.3 is 0 Å². The van der Waals surface area contributed by atoms with Gasteiger partial charge in [-0.1, -0.05) is 18.2 Å².